The minimum absolute atomic E-state index is 0.00943. The molecular formula is C6H12O2S. The Morgan fingerprint density at radius 2 is 2.11 bits per heavy atom. The first kappa shape index (κ1) is 8.82. The van der Waals surface area contributed by atoms with Crippen LogP contribution in [-0.4, -0.2) is 21.0 Å². The van der Waals surface area contributed by atoms with Crippen molar-refractivity contribution in [3.8, 4) is 0 Å². The summed E-state index contributed by atoms with van der Waals surface area (Å²) in [6.45, 7) is 4.98. The van der Waals surface area contributed by atoms with Gasteiger partial charge in [0, 0.05) is 16.6 Å². The summed E-state index contributed by atoms with van der Waals surface area (Å²) in [5, 5.41) is -0.282. The molecule has 0 aliphatic carbocycles. The summed E-state index contributed by atoms with van der Waals surface area (Å²) in [6.07, 6.45) is 0. The van der Waals surface area contributed by atoms with Crippen molar-refractivity contribution in [2.24, 2.45) is 0 Å². The molecule has 2 atom stereocenters. The lowest BCUT2D eigenvalue weighted by Crippen LogP contribution is -2.20. The van der Waals surface area contributed by atoms with Crippen LogP contribution in [-0.2, 0) is 15.6 Å². The Morgan fingerprint density at radius 1 is 1.67 bits per heavy atom. The Morgan fingerprint density at radius 3 is 2.22 bits per heavy atom. The van der Waals surface area contributed by atoms with Gasteiger partial charge < -0.3 is 0 Å². The van der Waals surface area contributed by atoms with E-state index in [1.54, 1.807) is 6.92 Å². The van der Waals surface area contributed by atoms with E-state index in [-0.39, 0.29) is 11.0 Å². The van der Waals surface area contributed by atoms with Gasteiger partial charge in [-0.05, 0) is 13.8 Å². The van der Waals surface area contributed by atoms with Gasteiger partial charge in [-0.1, -0.05) is 6.92 Å². The number of hydrogen-bond donors (Lipinski definition) is 0. The Kier molecular flexibility index (Phi) is 3.70. The predicted octanol–water partition coefficient (Wildman–Crippen LogP) is 0.732. The van der Waals surface area contributed by atoms with E-state index in [1.165, 1.54) is 6.92 Å². The van der Waals surface area contributed by atoms with E-state index in [0.717, 1.165) is 0 Å². The van der Waals surface area contributed by atoms with Crippen molar-refractivity contribution in [1.29, 1.82) is 0 Å². The Balaban J connectivity index is 3.88. The van der Waals surface area contributed by atoms with E-state index in [0.29, 0.717) is 5.75 Å². The third-order valence-electron chi connectivity index (χ3n) is 1.25. The maximum atomic E-state index is 10.8. The van der Waals surface area contributed by atoms with Gasteiger partial charge in [-0.25, -0.2) is 0 Å². The summed E-state index contributed by atoms with van der Waals surface area (Å²) >= 11 is 0. The van der Waals surface area contributed by atoms with Crippen LogP contribution in [0.1, 0.15) is 20.8 Å². The molecule has 0 amide bonds. The highest BCUT2D eigenvalue weighted by Crippen LogP contribution is 1.95. The molecule has 9 heavy (non-hydrogen) atoms. The Bertz CT molecular complexity index is 131. The second-order valence-electron chi connectivity index (χ2n) is 1.92. The van der Waals surface area contributed by atoms with E-state index in [1.807, 2.05) is 6.92 Å². The lowest BCUT2D eigenvalue weighted by atomic mass is 10.3. The number of carbonyl (C=O) groups is 1. The van der Waals surface area contributed by atoms with Crippen LogP contribution in [0.4, 0.5) is 0 Å². The largest absolute Gasteiger partial charge is 0.299 e. The molecule has 0 bridgehead atoms. The quantitative estimate of drug-likeness (QED) is 0.591. The molecule has 0 aromatic rings. The molecule has 54 valence electrons. The fourth-order valence-electron chi connectivity index (χ4n) is 0.435. The number of carbonyl (C=O) groups excluding carboxylic acids is 1. The van der Waals surface area contributed by atoms with Crippen LogP contribution in [0.2, 0.25) is 0 Å². The molecule has 0 heterocycles. The lowest BCUT2D eigenvalue weighted by molar-refractivity contribution is -0.116. The van der Waals surface area contributed by atoms with Crippen molar-refractivity contribution >= 4 is 16.6 Å². The van der Waals surface area contributed by atoms with E-state index >= 15 is 0 Å². The molecule has 0 N–H and O–H groups in total. The highest BCUT2D eigenvalue weighted by Gasteiger charge is 2.12. The maximum Gasteiger partial charge on any atom is 0.145 e. The molecule has 0 fully saturated rings. The Labute approximate surface area is 58.1 Å². The van der Waals surface area contributed by atoms with Crippen LogP contribution in [0.25, 0.3) is 0 Å². The molecule has 2 unspecified atom stereocenters. The standard InChI is InChI=1S/C6H12O2S/c1-4-9(8)6(3)5(2)7/h6H,4H2,1-3H3. The van der Waals surface area contributed by atoms with Gasteiger partial charge in [-0.15, -0.1) is 0 Å². The molecule has 0 aromatic heterocycles. The van der Waals surface area contributed by atoms with Crippen LogP contribution in [0.5, 0.6) is 0 Å². The van der Waals surface area contributed by atoms with Crippen molar-refractivity contribution in [3.63, 3.8) is 0 Å². The topological polar surface area (TPSA) is 34.1 Å². The minimum Gasteiger partial charge on any atom is -0.299 e. The van der Waals surface area contributed by atoms with Crippen molar-refractivity contribution in [2.75, 3.05) is 5.75 Å². The first-order chi connectivity index (χ1) is 4.09. The van der Waals surface area contributed by atoms with E-state index in [2.05, 4.69) is 0 Å². The van der Waals surface area contributed by atoms with Crippen molar-refractivity contribution in [2.45, 2.75) is 26.0 Å². The summed E-state index contributed by atoms with van der Waals surface area (Å²) < 4.78 is 10.8. The van der Waals surface area contributed by atoms with Gasteiger partial charge in [0.1, 0.15) is 5.78 Å². The third kappa shape index (κ3) is 2.75. The van der Waals surface area contributed by atoms with Crippen molar-refractivity contribution in [1.82, 2.24) is 0 Å². The van der Waals surface area contributed by atoms with Gasteiger partial charge in [0.25, 0.3) is 0 Å². The molecular weight excluding hydrogens is 136 g/mol. The molecule has 0 spiro atoms. The minimum atomic E-state index is -0.951. The van der Waals surface area contributed by atoms with E-state index in [9.17, 15) is 9.00 Å². The third-order valence-corrected chi connectivity index (χ3v) is 2.94. The van der Waals surface area contributed by atoms with Gasteiger partial charge in [-0.3, -0.25) is 9.00 Å². The molecule has 0 aliphatic heterocycles. The van der Waals surface area contributed by atoms with Crippen LogP contribution in [0.3, 0.4) is 0 Å². The molecule has 0 aromatic carbocycles. The van der Waals surface area contributed by atoms with Crippen LogP contribution in [0, 0.1) is 0 Å². The first-order valence-corrected chi connectivity index (χ1v) is 4.35. The summed E-state index contributed by atoms with van der Waals surface area (Å²) in [7, 11) is -0.951. The normalized spacial score (nSPS) is 16.8. The summed E-state index contributed by atoms with van der Waals surface area (Å²) in [4.78, 5) is 10.6. The van der Waals surface area contributed by atoms with Gasteiger partial charge in [-0.2, -0.15) is 0 Å². The zero-order valence-electron chi connectivity index (χ0n) is 6.01. The Hall–Kier alpha value is -0.180. The fourth-order valence-corrected chi connectivity index (χ4v) is 1.31. The first-order valence-electron chi connectivity index (χ1n) is 2.97. The van der Waals surface area contributed by atoms with Gasteiger partial charge in [0.2, 0.25) is 0 Å². The van der Waals surface area contributed by atoms with Gasteiger partial charge in [0.15, 0.2) is 0 Å². The van der Waals surface area contributed by atoms with Crippen LogP contribution < -0.4 is 0 Å². The molecule has 0 aliphatic rings. The summed E-state index contributed by atoms with van der Waals surface area (Å²) in [5.74, 6) is 0.580. The monoisotopic (exact) mass is 148 g/mol. The molecule has 0 saturated heterocycles. The van der Waals surface area contributed by atoms with E-state index in [4.69, 9.17) is 0 Å². The molecule has 0 saturated carbocycles. The van der Waals surface area contributed by atoms with E-state index < -0.39 is 10.8 Å². The molecule has 0 rings (SSSR count). The number of Topliss-reactive ketones (excluding diaryl/α,β-unsaturated/α-hetero) is 1. The summed E-state index contributed by atoms with van der Waals surface area (Å²) in [5.41, 5.74) is 0. The number of rotatable bonds is 3. The number of ketones is 1. The fraction of sp³-hybridized carbons (Fsp3) is 0.833. The zero-order chi connectivity index (χ0) is 7.44. The predicted molar refractivity (Wildman–Crippen MR) is 38.8 cm³/mol. The number of hydrogen-bond acceptors (Lipinski definition) is 2. The lowest BCUT2D eigenvalue weighted by Gasteiger charge is -2.02. The average Bonchev–Trinajstić information content (AvgIpc) is 1.84. The maximum absolute atomic E-state index is 10.8. The highest BCUT2D eigenvalue weighted by atomic mass is 32.2. The van der Waals surface area contributed by atoms with Gasteiger partial charge >= 0.3 is 0 Å². The summed E-state index contributed by atoms with van der Waals surface area (Å²) in [6, 6.07) is 0. The average molecular weight is 148 g/mol. The second-order valence-corrected chi connectivity index (χ2v) is 3.97. The second kappa shape index (κ2) is 3.77. The van der Waals surface area contributed by atoms with Crippen LogP contribution >= 0.6 is 0 Å². The molecule has 0 radical (unpaired) electrons. The van der Waals surface area contributed by atoms with Crippen LogP contribution in [0.15, 0.2) is 0 Å². The smallest absolute Gasteiger partial charge is 0.145 e. The SMILES string of the molecule is CCS(=O)C(C)C(C)=O. The van der Waals surface area contributed by atoms with Gasteiger partial charge in [0.05, 0.1) is 5.25 Å². The molecule has 3 heteroatoms. The highest BCUT2D eigenvalue weighted by molar-refractivity contribution is 7.86. The van der Waals surface area contributed by atoms with Crippen molar-refractivity contribution < 1.29 is 9.00 Å². The molecule has 2 nitrogen and oxygen atoms in total. The zero-order valence-corrected chi connectivity index (χ0v) is 6.83. The van der Waals surface area contributed by atoms with Crippen molar-refractivity contribution in [3.05, 3.63) is 0 Å².